The molecule has 0 aliphatic carbocycles. The van der Waals surface area contributed by atoms with Crippen LogP contribution in [0.2, 0.25) is 0 Å². The van der Waals surface area contributed by atoms with Gasteiger partial charge in [-0.05, 0) is 45.2 Å². The predicted octanol–water partition coefficient (Wildman–Crippen LogP) is 1.58. The van der Waals surface area contributed by atoms with Crippen molar-refractivity contribution in [3.63, 3.8) is 0 Å². The molecule has 0 bridgehead atoms. The number of fused-ring (bicyclic) bond motifs is 1. The zero-order valence-corrected chi connectivity index (χ0v) is 16.9. The lowest BCUT2D eigenvalue weighted by atomic mass is 10.0. The van der Waals surface area contributed by atoms with Crippen LogP contribution in [0.25, 0.3) is 0 Å². The van der Waals surface area contributed by atoms with Crippen LogP contribution < -0.4 is 5.32 Å². The lowest BCUT2D eigenvalue weighted by Crippen LogP contribution is -2.54. The van der Waals surface area contributed by atoms with Crippen molar-refractivity contribution in [3.05, 3.63) is 39.9 Å². The SMILES string of the molecule is CC1(C)O[C@H]2O[C@H](C(=O)N3CCCCC3)[C@@H](NC(=O)c3ccc([N+](=O)[O-])cc3)[C@H]2O1. The standard InChI is InChI=1S/C20H25N3O7/c1-20(2)29-16-14(21-17(24)12-6-8-13(9-7-12)23(26)27)15(28-19(16)30-20)18(25)22-10-4-3-5-11-22/h6-9,14-16,19H,3-5,10-11H2,1-2H3,(H,21,24)/t14-,15+,16-,19-/m1/s1. The molecule has 4 atom stereocenters. The number of likely N-dealkylation sites (tertiary alicyclic amines) is 1. The molecule has 10 nitrogen and oxygen atoms in total. The monoisotopic (exact) mass is 419 g/mol. The van der Waals surface area contributed by atoms with Gasteiger partial charge >= 0.3 is 0 Å². The maximum atomic E-state index is 13.1. The van der Waals surface area contributed by atoms with Gasteiger partial charge in [-0.15, -0.1) is 0 Å². The number of amides is 2. The van der Waals surface area contributed by atoms with E-state index in [2.05, 4.69) is 5.32 Å². The van der Waals surface area contributed by atoms with E-state index in [1.807, 2.05) is 0 Å². The zero-order valence-electron chi connectivity index (χ0n) is 16.9. The number of nitro benzene ring substituents is 1. The number of nitrogens with zero attached hydrogens (tertiary/aromatic N) is 2. The van der Waals surface area contributed by atoms with E-state index in [0.717, 1.165) is 19.3 Å². The molecular formula is C20H25N3O7. The van der Waals surface area contributed by atoms with Crippen LogP contribution in [0.5, 0.6) is 0 Å². The number of nitrogens with one attached hydrogen (secondary N) is 1. The molecule has 0 unspecified atom stereocenters. The number of non-ortho nitro benzene ring substituents is 1. The molecule has 3 aliphatic heterocycles. The highest BCUT2D eigenvalue weighted by molar-refractivity contribution is 5.95. The highest BCUT2D eigenvalue weighted by atomic mass is 16.8. The first-order chi connectivity index (χ1) is 14.2. The van der Waals surface area contributed by atoms with Crippen molar-refractivity contribution < 1.29 is 28.7 Å². The smallest absolute Gasteiger partial charge is 0.269 e. The molecule has 30 heavy (non-hydrogen) atoms. The fourth-order valence-electron chi connectivity index (χ4n) is 4.14. The quantitative estimate of drug-likeness (QED) is 0.581. The van der Waals surface area contributed by atoms with Crippen LogP contribution in [0, 0.1) is 10.1 Å². The Morgan fingerprint density at radius 3 is 2.43 bits per heavy atom. The summed E-state index contributed by atoms with van der Waals surface area (Å²) in [5.41, 5.74) is 0.134. The number of hydrogen-bond donors (Lipinski definition) is 1. The summed E-state index contributed by atoms with van der Waals surface area (Å²) in [4.78, 5) is 38.0. The molecule has 3 saturated heterocycles. The maximum absolute atomic E-state index is 13.1. The number of ether oxygens (including phenoxy) is 3. The van der Waals surface area contributed by atoms with Gasteiger partial charge in [0.05, 0.1) is 11.0 Å². The average molecular weight is 419 g/mol. The van der Waals surface area contributed by atoms with Crippen molar-refractivity contribution in [1.29, 1.82) is 0 Å². The molecule has 162 valence electrons. The second kappa shape index (κ2) is 7.93. The van der Waals surface area contributed by atoms with Gasteiger partial charge in [-0.2, -0.15) is 0 Å². The molecule has 1 N–H and O–H groups in total. The molecule has 10 heteroatoms. The van der Waals surface area contributed by atoms with Crippen LogP contribution >= 0.6 is 0 Å². The number of piperidine rings is 1. The summed E-state index contributed by atoms with van der Waals surface area (Å²) in [5, 5.41) is 13.7. The summed E-state index contributed by atoms with van der Waals surface area (Å²) >= 11 is 0. The Balaban J connectivity index is 1.53. The van der Waals surface area contributed by atoms with Crippen molar-refractivity contribution in [3.8, 4) is 0 Å². The summed E-state index contributed by atoms with van der Waals surface area (Å²) in [7, 11) is 0. The second-order valence-corrected chi connectivity index (χ2v) is 8.21. The Hall–Kier alpha value is -2.56. The van der Waals surface area contributed by atoms with E-state index in [9.17, 15) is 19.7 Å². The second-order valence-electron chi connectivity index (χ2n) is 8.21. The Kier molecular flexibility index (Phi) is 5.48. The number of rotatable bonds is 4. The fraction of sp³-hybridized carbons (Fsp3) is 0.600. The molecule has 2 amide bonds. The lowest BCUT2D eigenvalue weighted by molar-refractivity contribution is -0.384. The van der Waals surface area contributed by atoms with Crippen LogP contribution in [0.15, 0.2) is 24.3 Å². The van der Waals surface area contributed by atoms with Gasteiger partial charge in [-0.1, -0.05) is 0 Å². The van der Waals surface area contributed by atoms with Crippen molar-refractivity contribution in [2.24, 2.45) is 0 Å². The molecule has 0 radical (unpaired) electrons. The Labute approximate surface area is 173 Å². The highest BCUT2D eigenvalue weighted by Gasteiger charge is 2.57. The van der Waals surface area contributed by atoms with E-state index in [-0.39, 0.29) is 17.2 Å². The lowest BCUT2D eigenvalue weighted by Gasteiger charge is -2.32. The number of carbonyl (C=O) groups excluding carboxylic acids is 2. The average Bonchev–Trinajstić information content (AvgIpc) is 3.20. The summed E-state index contributed by atoms with van der Waals surface area (Å²) in [6.07, 6.45) is 0.635. The van der Waals surface area contributed by atoms with Gasteiger partial charge in [-0.25, -0.2) is 0 Å². The van der Waals surface area contributed by atoms with Gasteiger partial charge in [0.25, 0.3) is 17.5 Å². The summed E-state index contributed by atoms with van der Waals surface area (Å²) in [6, 6.07) is 4.53. The molecule has 4 rings (SSSR count). The molecule has 3 heterocycles. The number of benzene rings is 1. The third kappa shape index (κ3) is 4.03. The normalized spacial score (nSPS) is 30.0. The van der Waals surface area contributed by atoms with Gasteiger partial charge in [0.2, 0.25) is 0 Å². The van der Waals surface area contributed by atoms with E-state index < -0.39 is 41.2 Å². The Bertz CT molecular complexity index is 835. The van der Waals surface area contributed by atoms with Crippen molar-refractivity contribution in [2.75, 3.05) is 13.1 Å². The van der Waals surface area contributed by atoms with E-state index >= 15 is 0 Å². The van der Waals surface area contributed by atoms with Crippen LogP contribution in [0.1, 0.15) is 43.5 Å². The molecule has 0 saturated carbocycles. The maximum Gasteiger partial charge on any atom is 0.269 e. The number of nitro groups is 1. The van der Waals surface area contributed by atoms with E-state index in [0.29, 0.717) is 13.1 Å². The molecule has 1 aromatic rings. The Morgan fingerprint density at radius 1 is 1.13 bits per heavy atom. The summed E-state index contributed by atoms with van der Waals surface area (Å²) < 4.78 is 17.6. The molecule has 0 spiro atoms. The minimum absolute atomic E-state index is 0.108. The van der Waals surface area contributed by atoms with E-state index in [1.165, 1.54) is 24.3 Å². The predicted molar refractivity (Wildman–Crippen MR) is 103 cm³/mol. The topological polar surface area (TPSA) is 120 Å². The summed E-state index contributed by atoms with van der Waals surface area (Å²) in [5.74, 6) is -1.56. The molecule has 1 aromatic carbocycles. The van der Waals surface area contributed by atoms with E-state index in [1.54, 1.807) is 18.7 Å². The van der Waals surface area contributed by atoms with Crippen molar-refractivity contribution >= 4 is 17.5 Å². The van der Waals surface area contributed by atoms with Crippen LogP contribution in [-0.4, -0.2) is 65.1 Å². The fourth-order valence-corrected chi connectivity index (χ4v) is 4.14. The molecule has 0 aromatic heterocycles. The zero-order chi connectivity index (χ0) is 21.5. The molecule has 3 aliphatic rings. The van der Waals surface area contributed by atoms with Crippen LogP contribution in [0.3, 0.4) is 0 Å². The third-order valence-corrected chi connectivity index (χ3v) is 5.60. The highest BCUT2D eigenvalue weighted by Crippen LogP contribution is 2.38. The van der Waals surface area contributed by atoms with Crippen molar-refractivity contribution in [1.82, 2.24) is 10.2 Å². The van der Waals surface area contributed by atoms with Gasteiger partial charge in [0, 0.05) is 30.8 Å². The third-order valence-electron chi connectivity index (χ3n) is 5.60. The van der Waals surface area contributed by atoms with Gasteiger partial charge in [-0.3, -0.25) is 19.7 Å². The molecule has 3 fully saturated rings. The van der Waals surface area contributed by atoms with Gasteiger partial charge in [0.1, 0.15) is 6.10 Å². The first-order valence-electron chi connectivity index (χ1n) is 10.1. The van der Waals surface area contributed by atoms with Crippen molar-refractivity contribution in [2.45, 2.75) is 63.4 Å². The van der Waals surface area contributed by atoms with Crippen LogP contribution in [0.4, 0.5) is 5.69 Å². The molecular weight excluding hydrogens is 394 g/mol. The minimum Gasteiger partial charge on any atom is -0.343 e. The van der Waals surface area contributed by atoms with E-state index in [4.69, 9.17) is 14.2 Å². The Morgan fingerprint density at radius 2 is 1.80 bits per heavy atom. The number of hydrogen-bond acceptors (Lipinski definition) is 7. The summed E-state index contributed by atoms with van der Waals surface area (Å²) in [6.45, 7) is 4.80. The van der Waals surface area contributed by atoms with Crippen LogP contribution in [-0.2, 0) is 19.0 Å². The van der Waals surface area contributed by atoms with Gasteiger partial charge in [0.15, 0.2) is 18.2 Å². The first-order valence-corrected chi connectivity index (χ1v) is 10.1. The first kappa shape index (κ1) is 20.7. The van der Waals surface area contributed by atoms with Gasteiger partial charge < -0.3 is 24.4 Å². The minimum atomic E-state index is -0.920. The number of carbonyl (C=O) groups is 2. The largest absolute Gasteiger partial charge is 0.343 e.